The van der Waals surface area contributed by atoms with Gasteiger partial charge in [0, 0.05) is 19.5 Å². The summed E-state index contributed by atoms with van der Waals surface area (Å²) < 4.78 is 5.36. The molecule has 2 aromatic rings. The minimum absolute atomic E-state index is 0.223. The first-order chi connectivity index (χ1) is 12.6. The molecule has 7 heteroatoms. The number of aliphatic hydroxyl groups is 1. The molecule has 1 aliphatic heterocycles. The van der Waals surface area contributed by atoms with Crippen molar-refractivity contribution < 1.29 is 9.63 Å². The van der Waals surface area contributed by atoms with E-state index in [0.29, 0.717) is 5.82 Å². The molecule has 1 atom stereocenters. The van der Waals surface area contributed by atoms with Gasteiger partial charge in [0.15, 0.2) is 0 Å². The van der Waals surface area contributed by atoms with Crippen LogP contribution in [-0.4, -0.2) is 70.9 Å². The van der Waals surface area contributed by atoms with Crippen LogP contribution in [0.25, 0.3) is 10.7 Å². The van der Waals surface area contributed by atoms with Crippen LogP contribution in [0.1, 0.15) is 32.1 Å². The van der Waals surface area contributed by atoms with Gasteiger partial charge in [0.2, 0.25) is 11.7 Å². The molecule has 1 unspecified atom stereocenters. The van der Waals surface area contributed by atoms with E-state index in [1.807, 2.05) is 24.4 Å². The number of thiophene rings is 1. The van der Waals surface area contributed by atoms with Crippen molar-refractivity contribution in [1.29, 1.82) is 0 Å². The minimum atomic E-state index is -0.223. The van der Waals surface area contributed by atoms with Crippen LogP contribution in [-0.2, 0) is 6.42 Å². The summed E-state index contributed by atoms with van der Waals surface area (Å²) in [5.74, 6) is 2.19. The van der Waals surface area contributed by atoms with Crippen molar-refractivity contribution >= 4 is 11.3 Å². The van der Waals surface area contributed by atoms with Gasteiger partial charge < -0.3 is 19.4 Å². The van der Waals surface area contributed by atoms with E-state index in [1.54, 1.807) is 11.3 Å². The molecule has 0 aromatic carbocycles. The Morgan fingerprint density at radius 3 is 2.92 bits per heavy atom. The molecule has 0 amide bonds. The Morgan fingerprint density at radius 2 is 2.23 bits per heavy atom. The van der Waals surface area contributed by atoms with E-state index in [1.165, 1.54) is 12.8 Å². The molecule has 3 heterocycles. The van der Waals surface area contributed by atoms with Crippen LogP contribution >= 0.6 is 11.3 Å². The monoisotopic (exact) mass is 378 g/mol. The van der Waals surface area contributed by atoms with Crippen LogP contribution in [0, 0.1) is 5.92 Å². The van der Waals surface area contributed by atoms with Gasteiger partial charge in [0.25, 0.3) is 0 Å². The van der Waals surface area contributed by atoms with Crippen LogP contribution in [0.5, 0.6) is 0 Å². The third-order valence-electron chi connectivity index (χ3n) is 4.94. The summed E-state index contributed by atoms with van der Waals surface area (Å²) in [6.45, 7) is 7.08. The maximum atomic E-state index is 9.50. The van der Waals surface area contributed by atoms with Crippen molar-refractivity contribution in [3.05, 3.63) is 23.4 Å². The Bertz CT molecular complexity index is 636. The van der Waals surface area contributed by atoms with Crippen molar-refractivity contribution in [2.24, 2.45) is 5.92 Å². The highest BCUT2D eigenvalue weighted by molar-refractivity contribution is 7.13. The summed E-state index contributed by atoms with van der Waals surface area (Å²) in [7, 11) is 2.20. The van der Waals surface area contributed by atoms with E-state index >= 15 is 0 Å². The molecule has 2 aromatic heterocycles. The molecule has 6 nitrogen and oxygen atoms in total. The highest BCUT2D eigenvalue weighted by atomic mass is 32.1. The van der Waals surface area contributed by atoms with E-state index < -0.39 is 0 Å². The summed E-state index contributed by atoms with van der Waals surface area (Å²) >= 11 is 1.63. The molecular formula is C19H30N4O2S. The van der Waals surface area contributed by atoms with Crippen molar-refractivity contribution in [3.63, 3.8) is 0 Å². The molecule has 1 saturated heterocycles. The van der Waals surface area contributed by atoms with E-state index in [4.69, 9.17) is 4.52 Å². The van der Waals surface area contributed by atoms with Crippen molar-refractivity contribution in [1.82, 2.24) is 19.9 Å². The molecule has 0 spiro atoms. The average Bonchev–Trinajstić information content (AvgIpc) is 3.27. The lowest BCUT2D eigenvalue weighted by atomic mass is 9.96. The van der Waals surface area contributed by atoms with Gasteiger partial charge in [-0.25, -0.2) is 0 Å². The topological polar surface area (TPSA) is 65.6 Å². The zero-order chi connectivity index (χ0) is 18.4. The molecule has 0 saturated carbocycles. The molecule has 0 radical (unpaired) electrons. The molecule has 0 aliphatic carbocycles. The maximum absolute atomic E-state index is 9.50. The van der Waals surface area contributed by atoms with Crippen LogP contribution < -0.4 is 0 Å². The predicted molar refractivity (Wildman–Crippen MR) is 104 cm³/mol. The lowest BCUT2D eigenvalue weighted by Gasteiger charge is -2.34. The SMILES string of the molecule is CC(O)CN1CCC(CN(C)CCCc2nc(-c3cccs3)no2)CC1. The number of aryl methyl sites for hydroxylation is 1. The smallest absolute Gasteiger partial charge is 0.227 e. The van der Waals surface area contributed by atoms with Crippen molar-refractivity contribution in [3.8, 4) is 10.7 Å². The largest absolute Gasteiger partial charge is 0.392 e. The Hall–Kier alpha value is -1.28. The fourth-order valence-corrected chi connectivity index (χ4v) is 4.27. The second kappa shape index (κ2) is 9.60. The second-order valence-corrected chi connectivity index (χ2v) is 8.40. The number of likely N-dealkylation sites (tertiary alicyclic amines) is 1. The summed E-state index contributed by atoms with van der Waals surface area (Å²) in [5.41, 5.74) is 0. The van der Waals surface area contributed by atoms with Gasteiger partial charge in [0.1, 0.15) is 0 Å². The number of aromatic nitrogens is 2. The molecule has 144 valence electrons. The predicted octanol–water partition coefficient (Wildman–Crippen LogP) is 2.76. The van der Waals surface area contributed by atoms with Crippen LogP contribution in [0.3, 0.4) is 0 Å². The fraction of sp³-hybridized carbons (Fsp3) is 0.684. The number of piperidine rings is 1. The standard InChI is InChI=1S/C19H30N4O2S/c1-15(24)13-23-10-7-16(8-11-23)14-22(2)9-3-6-18-20-19(21-25-18)17-5-4-12-26-17/h4-5,12,15-16,24H,3,6-11,13-14H2,1-2H3. The molecule has 0 bridgehead atoms. The first-order valence-electron chi connectivity index (χ1n) is 9.55. The number of rotatable bonds is 9. The van der Waals surface area contributed by atoms with Crippen LogP contribution in [0.2, 0.25) is 0 Å². The molecule has 1 fully saturated rings. The van der Waals surface area contributed by atoms with Crippen LogP contribution in [0.15, 0.2) is 22.0 Å². The Balaban J connectivity index is 1.33. The number of hydrogen-bond acceptors (Lipinski definition) is 7. The number of aliphatic hydroxyl groups excluding tert-OH is 1. The molecule has 1 aliphatic rings. The Morgan fingerprint density at radius 1 is 1.42 bits per heavy atom. The van der Waals surface area contributed by atoms with Gasteiger partial charge in [-0.1, -0.05) is 11.2 Å². The van der Waals surface area contributed by atoms with Gasteiger partial charge in [-0.2, -0.15) is 4.98 Å². The third kappa shape index (κ3) is 5.87. The summed E-state index contributed by atoms with van der Waals surface area (Å²) in [6.07, 6.45) is 4.09. The number of β-amino-alcohol motifs (C(OH)–C–C–N with tert-alkyl or cyclic N) is 1. The summed E-state index contributed by atoms with van der Waals surface area (Å²) in [4.78, 5) is 10.3. The van der Waals surface area contributed by atoms with Gasteiger partial charge in [-0.15, -0.1) is 11.3 Å². The van der Waals surface area contributed by atoms with E-state index in [0.717, 1.165) is 62.3 Å². The zero-order valence-corrected chi connectivity index (χ0v) is 16.6. The van der Waals surface area contributed by atoms with Crippen molar-refractivity contribution in [2.45, 2.75) is 38.7 Å². The number of nitrogens with zero attached hydrogens (tertiary/aromatic N) is 4. The van der Waals surface area contributed by atoms with Crippen LogP contribution in [0.4, 0.5) is 0 Å². The van der Waals surface area contributed by atoms with E-state index in [9.17, 15) is 5.11 Å². The summed E-state index contributed by atoms with van der Waals surface area (Å²) in [5, 5.41) is 15.6. The first-order valence-corrected chi connectivity index (χ1v) is 10.4. The quantitative estimate of drug-likeness (QED) is 0.724. The Labute approximate surface area is 159 Å². The van der Waals surface area contributed by atoms with Crippen molar-refractivity contribution in [2.75, 3.05) is 39.8 Å². The lowest BCUT2D eigenvalue weighted by Crippen LogP contribution is -2.40. The zero-order valence-electron chi connectivity index (χ0n) is 15.8. The van der Waals surface area contributed by atoms with Gasteiger partial charge >= 0.3 is 0 Å². The number of hydrogen-bond donors (Lipinski definition) is 1. The second-order valence-electron chi connectivity index (χ2n) is 7.45. The average molecular weight is 379 g/mol. The lowest BCUT2D eigenvalue weighted by molar-refractivity contribution is 0.0924. The highest BCUT2D eigenvalue weighted by Crippen LogP contribution is 2.22. The highest BCUT2D eigenvalue weighted by Gasteiger charge is 2.21. The fourth-order valence-electron chi connectivity index (χ4n) is 3.62. The van der Waals surface area contributed by atoms with E-state index in [2.05, 4.69) is 27.0 Å². The minimum Gasteiger partial charge on any atom is -0.392 e. The maximum Gasteiger partial charge on any atom is 0.227 e. The first kappa shape index (κ1) is 19.5. The molecule has 3 rings (SSSR count). The van der Waals surface area contributed by atoms with Gasteiger partial charge in [0.05, 0.1) is 11.0 Å². The Kier molecular flexibility index (Phi) is 7.19. The normalized spacial score (nSPS) is 17.8. The molecular weight excluding hydrogens is 348 g/mol. The third-order valence-corrected chi connectivity index (χ3v) is 5.81. The molecule has 26 heavy (non-hydrogen) atoms. The summed E-state index contributed by atoms with van der Waals surface area (Å²) in [6, 6.07) is 4.01. The van der Waals surface area contributed by atoms with Gasteiger partial charge in [-0.3, -0.25) is 0 Å². The van der Waals surface area contributed by atoms with Gasteiger partial charge in [-0.05, 0) is 70.2 Å². The van der Waals surface area contributed by atoms with E-state index in [-0.39, 0.29) is 6.10 Å². The molecule has 1 N–H and O–H groups in total.